The van der Waals surface area contributed by atoms with E-state index in [9.17, 15) is 14.7 Å². The molecule has 0 spiro atoms. The molecule has 112 valence electrons. The van der Waals surface area contributed by atoms with Gasteiger partial charge in [0.05, 0.1) is 5.56 Å². The Bertz CT molecular complexity index is 509. The number of nitrogens with one attached hydrogen (secondary N) is 2. The maximum absolute atomic E-state index is 12.0. The first-order valence-electron chi connectivity index (χ1n) is 6.68. The van der Waals surface area contributed by atoms with Crippen molar-refractivity contribution in [2.45, 2.75) is 47.1 Å². The minimum absolute atomic E-state index is 0.0745. The lowest BCUT2D eigenvalue weighted by molar-refractivity contribution is 0.0697. The summed E-state index contributed by atoms with van der Waals surface area (Å²) in [5, 5.41) is 15.2. The maximum atomic E-state index is 12.0. The van der Waals surface area contributed by atoms with Gasteiger partial charge in [0.2, 0.25) is 0 Å². The van der Waals surface area contributed by atoms with Crippen molar-refractivity contribution in [1.29, 1.82) is 0 Å². The third-order valence-corrected chi connectivity index (χ3v) is 4.51. The number of thiophene rings is 1. The molecule has 6 heteroatoms. The molecule has 0 bridgehead atoms. The number of carboxylic acids is 1. The summed E-state index contributed by atoms with van der Waals surface area (Å²) >= 11 is 1.29. The number of hydrogen-bond acceptors (Lipinski definition) is 3. The lowest BCUT2D eigenvalue weighted by Gasteiger charge is -2.20. The quantitative estimate of drug-likeness (QED) is 0.777. The summed E-state index contributed by atoms with van der Waals surface area (Å²) < 4.78 is 0. The minimum Gasteiger partial charge on any atom is -0.478 e. The van der Waals surface area contributed by atoms with Crippen LogP contribution in [0.4, 0.5) is 9.80 Å². The maximum Gasteiger partial charge on any atom is 0.338 e. The van der Waals surface area contributed by atoms with E-state index in [0.717, 1.165) is 11.3 Å². The van der Waals surface area contributed by atoms with Crippen molar-refractivity contribution in [2.24, 2.45) is 5.92 Å². The highest BCUT2D eigenvalue weighted by atomic mass is 32.1. The summed E-state index contributed by atoms with van der Waals surface area (Å²) in [5.41, 5.74) is 0.883. The summed E-state index contributed by atoms with van der Waals surface area (Å²) in [5.74, 6) is -0.686. The van der Waals surface area contributed by atoms with E-state index in [1.54, 1.807) is 6.92 Å². The monoisotopic (exact) mass is 298 g/mol. The number of urea groups is 1. The molecule has 0 radical (unpaired) electrons. The summed E-state index contributed by atoms with van der Waals surface area (Å²) in [4.78, 5) is 24.1. The van der Waals surface area contributed by atoms with Crippen LogP contribution in [0.25, 0.3) is 0 Å². The van der Waals surface area contributed by atoms with E-state index >= 15 is 0 Å². The van der Waals surface area contributed by atoms with Gasteiger partial charge in [-0.3, -0.25) is 5.32 Å². The van der Waals surface area contributed by atoms with Crippen molar-refractivity contribution in [2.75, 3.05) is 5.32 Å². The molecule has 3 N–H and O–H groups in total. The molecular formula is C14H22N2O3S. The van der Waals surface area contributed by atoms with Crippen LogP contribution in [0.1, 0.15) is 48.0 Å². The molecule has 1 atom stereocenters. The predicted molar refractivity (Wildman–Crippen MR) is 81.8 cm³/mol. The summed E-state index contributed by atoms with van der Waals surface area (Å²) in [6, 6.07) is -0.278. The molecule has 1 unspecified atom stereocenters. The predicted octanol–water partition coefficient (Wildman–Crippen LogP) is 3.62. The van der Waals surface area contributed by atoms with Crippen molar-refractivity contribution in [1.82, 2.24) is 5.32 Å². The van der Waals surface area contributed by atoms with E-state index in [1.165, 1.54) is 11.3 Å². The molecule has 0 aliphatic rings. The fourth-order valence-electron chi connectivity index (χ4n) is 2.02. The number of hydrogen-bond donors (Lipinski definition) is 3. The van der Waals surface area contributed by atoms with Gasteiger partial charge in [0.1, 0.15) is 5.00 Å². The zero-order valence-corrected chi connectivity index (χ0v) is 13.4. The van der Waals surface area contributed by atoms with Gasteiger partial charge in [-0.25, -0.2) is 9.59 Å². The molecule has 0 aliphatic heterocycles. The van der Waals surface area contributed by atoms with Gasteiger partial charge in [-0.05, 0) is 31.7 Å². The molecule has 5 nitrogen and oxygen atoms in total. The molecule has 1 heterocycles. The van der Waals surface area contributed by atoms with Crippen LogP contribution < -0.4 is 10.6 Å². The SMILES string of the molecule is CCC(NC(=O)Nc1sc(C)c(C)c1C(=O)O)C(C)C. The molecule has 1 aromatic rings. The van der Waals surface area contributed by atoms with Gasteiger partial charge in [-0.15, -0.1) is 11.3 Å². The topological polar surface area (TPSA) is 78.4 Å². The van der Waals surface area contributed by atoms with E-state index in [2.05, 4.69) is 10.6 Å². The molecular weight excluding hydrogens is 276 g/mol. The lowest BCUT2D eigenvalue weighted by Crippen LogP contribution is -2.40. The number of rotatable bonds is 5. The van der Waals surface area contributed by atoms with Gasteiger partial charge in [-0.1, -0.05) is 20.8 Å². The molecule has 0 aromatic carbocycles. The number of amides is 2. The van der Waals surface area contributed by atoms with Gasteiger partial charge in [0.25, 0.3) is 0 Å². The van der Waals surface area contributed by atoms with E-state index in [4.69, 9.17) is 0 Å². The Morgan fingerprint density at radius 3 is 2.35 bits per heavy atom. The Morgan fingerprint density at radius 2 is 1.90 bits per heavy atom. The molecule has 0 saturated carbocycles. The number of carbonyl (C=O) groups excluding carboxylic acids is 1. The van der Waals surface area contributed by atoms with Gasteiger partial charge in [-0.2, -0.15) is 0 Å². The van der Waals surface area contributed by atoms with Gasteiger partial charge in [0, 0.05) is 10.9 Å². The number of carbonyl (C=O) groups is 2. The number of aryl methyl sites for hydroxylation is 1. The highest BCUT2D eigenvalue weighted by molar-refractivity contribution is 7.16. The first-order valence-corrected chi connectivity index (χ1v) is 7.50. The van der Waals surface area contributed by atoms with E-state index in [-0.39, 0.29) is 17.6 Å². The molecule has 1 rings (SSSR count). The zero-order valence-electron chi connectivity index (χ0n) is 12.5. The Kier molecular flexibility index (Phi) is 5.56. The fraction of sp³-hybridized carbons (Fsp3) is 0.571. The van der Waals surface area contributed by atoms with Gasteiger partial charge >= 0.3 is 12.0 Å². The summed E-state index contributed by atoms with van der Waals surface area (Å²) in [6.07, 6.45) is 0.833. The third-order valence-electron chi connectivity index (χ3n) is 3.39. The van der Waals surface area contributed by atoms with Crippen LogP contribution in [-0.2, 0) is 0 Å². The zero-order chi connectivity index (χ0) is 15.4. The summed E-state index contributed by atoms with van der Waals surface area (Å²) in [6.45, 7) is 9.68. The molecule has 1 aromatic heterocycles. The second-order valence-corrected chi connectivity index (χ2v) is 6.37. The second kappa shape index (κ2) is 6.74. The lowest BCUT2D eigenvalue weighted by atomic mass is 10.0. The Balaban J connectivity index is 2.86. The van der Waals surface area contributed by atoms with Crippen molar-refractivity contribution in [3.05, 3.63) is 16.0 Å². The number of carboxylic acid groups (broad SMARTS) is 1. The highest BCUT2D eigenvalue weighted by Gasteiger charge is 2.21. The van der Waals surface area contributed by atoms with Crippen molar-refractivity contribution in [3.63, 3.8) is 0 Å². The Labute approximate surface area is 123 Å². The van der Waals surface area contributed by atoms with Crippen LogP contribution in [-0.4, -0.2) is 23.1 Å². The van der Waals surface area contributed by atoms with Crippen LogP contribution in [0, 0.1) is 19.8 Å². The second-order valence-electron chi connectivity index (χ2n) is 5.15. The normalized spacial score (nSPS) is 12.3. The smallest absolute Gasteiger partial charge is 0.338 e. The van der Waals surface area contributed by atoms with Crippen LogP contribution in [0.2, 0.25) is 0 Å². The molecule has 2 amide bonds. The van der Waals surface area contributed by atoms with Crippen molar-refractivity contribution < 1.29 is 14.7 Å². The van der Waals surface area contributed by atoms with Gasteiger partial charge < -0.3 is 10.4 Å². The third kappa shape index (κ3) is 3.72. The Morgan fingerprint density at radius 1 is 1.30 bits per heavy atom. The van der Waals surface area contributed by atoms with Crippen LogP contribution in [0.3, 0.4) is 0 Å². The van der Waals surface area contributed by atoms with Gasteiger partial charge in [0.15, 0.2) is 0 Å². The van der Waals surface area contributed by atoms with Crippen LogP contribution >= 0.6 is 11.3 Å². The Hall–Kier alpha value is -1.56. The minimum atomic E-state index is -1.02. The molecule has 0 fully saturated rings. The highest BCUT2D eigenvalue weighted by Crippen LogP contribution is 2.32. The van der Waals surface area contributed by atoms with Crippen LogP contribution in [0.5, 0.6) is 0 Å². The first-order chi connectivity index (χ1) is 9.27. The van der Waals surface area contributed by atoms with E-state index < -0.39 is 5.97 Å². The largest absolute Gasteiger partial charge is 0.478 e. The van der Waals surface area contributed by atoms with Crippen LogP contribution in [0.15, 0.2) is 0 Å². The molecule has 20 heavy (non-hydrogen) atoms. The number of aromatic carboxylic acids is 1. The fourth-order valence-corrected chi connectivity index (χ4v) is 3.07. The van der Waals surface area contributed by atoms with E-state index in [0.29, 0.717) is 16.5 Å². The standard InChI is InChI=1S/C14H22N2O3S/c1-6-10(7(2)3)15-14(19)16-12-11(13(17)18)8(4)9(5)20-12/h7,10H,6H2,1-5H3,(H,17,18)(H2,15,16,19). The summed E-state index contributed by atoms with van der Waals surface area (Å²) in [7, 11) is 0. The average molecular weight is 298 g/mol. The number of anilines is 1. The van der Waals surface area contributed by atoms with Crippen molar-refractivity contribution in [3.8, 4) is 0 Å². The molecule has 0 saturated heterocycles. The average Bonchev–Trinajstić information content (AvgIpc) is 2.61. The first kappa shape index (κ1) is 16.5. The van der Waals surface area contributed by atoms with Crippen molar-refractivity contribution >= 4 is 28.3 Å². The van der Waals surface area contributed by atoms with E-state index in [1.807, 2.05) is 27.7 Å². The molecule has 0 aliphatic carbocycles.